The molecule has 0 N–H and O–H groups in total. The van der Waals surface area contributed by atoms with Crippen LogP contribution in [0.1, 0.15) is 13.3 Å². The molecule has 0 aliphatic heterocycles. The van der Waals surface area contributed by atoms with E-state index in [1.54, 1.807) is 6.92 Å². The van der Waals surface area contributed by atoms with Gasteiger partial charge < -0.3 is 4.74 Å². The summed E-state index contributed by atoms with van der Waals surface area (Å²) in [6, 6.07) is 0. The van der Waals surface area contributed by atoms with E-state index in [9.17, 15) is 13.6 Å². The van der Waals surface area contributed by atoms with E-state index >= 15 is 0 Å². The molecule has 1 aliphatic rings. The molecule has 0 aromatic rings. The normalized spacial score (nSPS) is 24.8. The molecule has 1 aliphatic carbocycles. The monoisotopic (exact) mass is 176 g/mol. The maximum atomic E-state index is 12.4. The molecule has 1 fully saturated rings. The zero-order chi connectivity index (χ0) is 9.35. The number of esters is 1. The minimum absolute atomic E-state index is 0.109. The molecule has 1 atom stereocenters. The molecule has 4 heteroatoms. The Hall–Kier alpha value is -0.930. The number of carbonyl (C=O) groups is 1. The molecule has 68 valence electrons. The van der Waals surface area contributed by atoms with Crippen LogP contribution < -0.4 is 0 Å². The van der Waals surface area contributed by atoms with E-state index in [1.165, 1.54) is 0 Å². The van der Waals surface area contributed by atoms with Crippen LogP contribution in [0.4, 0.5) is 8.78 Å². The summed E-state index contributed by atoms with van der Waals surface area (Å²) >= 11 is 0. The smallest absolute Gasteiger partial charge is 0.333 e. The van der Waals surface area contributed by atoms with Crippen molar-refractivity contribution in [3.8, 4) is 0 Å². The van der Waals surface area contributed by atoms with Crippen LogP contribution in [0, 0.1) is 5.92 Å². The summed E-state index contributed by atoms with van der Waals surface area (Å²) < 4.78 is 29.3. The van der Waals surface area contributed by atoms with Crippen molar-refractivity contribution < 1.29 is 18.3 Å². The second kappa shape index (κ2) is 2.84. The molecule has 0 amide bonds. The van der Waals surface area contributed by atoms with Crippen molar-refractivity contribution in [2.45, 2.75) is 19.3 Å². The summed E-state index contributed by atoms with van der Waals surface area (Å²) in [7, 11) is 0. The number of hydrogen-bond acceptors (Lipinski definition) is 2. The van der Waals surface area contributed by atoms with Gasteiger partial charge in [-0.3, -0.25) is 0 Å². The zero-order valence-electron chi connectivity index (χ0n) is 6.77. The van der Waals surface area contributed by atoms with Crippen molar-refractivity contribution in [1.29, 1.82) is 0 Å². The summed E-state index contributed by atoms with van der Waals surface area (Å²) in [5, 5.41) is 0. The molecule has 0 radical (unpaired) electrons. The van der Waals surface area contributed by atoms with Gasteiger partial charge in [0.25, 0.3) is 5.92 Å². The molecule has 1 saturated carbocycles. The van der Waals surface area contributed by atoms with E-state index in [0.29, 0.717) is 0 Å². The molecule has 0 saturated heterocycles. The minimum atomic E-state index is -2.73. The van der Waals surface area contributed by atoms with Crippen molar-refractivity contribution in [3.63, 3.8) is 0 Å². The molecule has 1 rings (SSSR count). The van der Waals surface area contributed by atoms with Crippen LogP contribution in [0.5, 0.6) is 0 Å². The second-order valence-electron chi connectivity index (χ2n) is 2.76. The largest absolute Gasteiger partial charge is 0.463 e. The second-order valence-corrected chi connectivity index (χ2v) is 2.76. The predicted molar refractivity (Wildman–Crippen MR) is 38.8 cm³/mol. The first-order chi connectivity index (χ1) is 5.49. The van der Waals surface area contributed by atoms with Gasteiger partial charge in [0.05, 0.1) is 12.5 Å². The fraction of sp³-hybridized carbons (Fsp3) is 0.625. The molecular formula is C8H10F2O2. The van der Waals surface area contributed by atoms with Crippen molar-refractivity contribution in [1.82, 2.24) is 0 Å². The van der Waals surface area contributed by atoms with E-state index in [4.69, 9.17) is 0 Å². The Balaban J connectivity index is 2.45. The molecule has 0 spiro atoms. The summed E-state index contributed by atoms with van der Waals surface area (Å²) in [5.74, 6) is -4.43. The van der Waals surface area contributed by atoms with Crippen molar-refractivity contribution >= 4 is 5.97 Å². The van der Waals surface area contributed by atoms with Crippen LogP contribution in [-0.4, -0.2) is 18.5 Å². The number of hydrogen-bond donors (Lipinski definition) is 0. The third-order valence-electron chi connectivity index (χ3n) is 1.78. The van der Waals surface area contributed by atoms with E-state index in [-0.39, 0.29) is 18.6 Å². The van der Waals surface area contributed by atoms with Crippen LogP contribution in [0.3, 0.4) is 0 Å². The standard InChI is InChI=1S/C8H10F2O2/c1-3-12-7(11)5(2)6-4-8(6,9)10/h6H,2-4H2,1H3/t6-/m0/s1. The van der Waals surface area contributed by atoms with Gasteiger partial charge in [0, 0.05) is 12.0 Å². The van der Waals surface area contributed by atoms with Gasteiger partial charge in [0.2, 0.25) is 0 Å². The molecule has 0 heterocycles. The van der Waals surface area contributed by atoms with Gasteiger partial charge in [-0.05, 0) is 6.92 Å². The van der Waals surface area contributed by atoms with Gasteiger partial charge in [-0.2, -0.15) is 0 Å². The number of alkyl halides is 2. The third-order valence-corrected chi connectivity index (χ3v) is 1.78. The predicted octanol–water partition coefficient (Wildman–Crippen LogP) is 1.76. The average Bonchev–Trinajstić information content (AvgIpc) is 2.59. The van der Waals surface area contributed by atoms with Gasteiger partial charge in [-0.15, -0.1) is 0 Å². The van der Waals surface area contributed by atoms with Gasteiger partial charge >= 0.3 is 5.97 Å². The Morgan fingerprint density at radius 1 is 1.75 bits per heavy atom. The highest BCUT2D eigenvalue weighted by Gasteiger charge is 2.59. The molecule has 0 bridgehead atoms. The summed E-state index contributed by atoms with van der Waals surface area (Å²) in [5.41, 5.74) is -0.109. The molecule has 0 aromatic carbocycles. The van der Waals surface area contributed by atoms with E-state index in [0.717, 1.165) is 0 Å². The Morgan fingerprint density at radius 3 is 2.58 bits per heavy atom. The zero-order valence-corrected chi connectivity index (χ0v) is 6.77. The maximum Gasteiger partial charge on any atom is 0.333 e. The summed E-state index contributed by atoms with van der Waals surface area (Å²) in [4.78, 5) is 10.9. The highest BCUT2D eigenvalue weighted by Crippen LogP contribution is 2.52. The highest BCUT2D eigenvalue weighted by molar-refractivity contribution is 5.89. The van der Waals surface area contributed by atoms with Crippen molar-refractivity contribution in [3.05, 3.63) is 12.2 Å². The lowest BCUT2D eigenvalue weighted by Crippen LogP contribution is -2.10. The minimum Gasteiger partial charge on any atom is -0.463 e. The topological polar surface area (TPSA) is 26.3 Å². The summed E-state index contributed by atoms with van der Waals surface area (Å²) in [6.07, 6.45) is -0.273. The van der Waals surface area contributed by atoms with E-state index in [1.807, 2.05) is 0 Å². The van der Waals surface area contributed by atoms with Crippen LogP contribution in [0.15, 0.2) is 12.2 Å². The molecule has 0 aromatic heterocycles. The fourth-order valence-corrected chi connectivity index (χ4v) is 0.957. The van der Waals surface area contributed by atoms with Gasteiger partial charge in [0.15, 0.2) is 0 Å². The SMILES string of the molecule is C=C(C(=O)OCC)[C@@H]1CC1(F)F. The Morgan fingerprint density at radius 2 is 2.25 bits per heavy atom. The van der Waals surface area contributed by atoms with Crippen LogP contribution in [0.25, 0.3) is 0 Å². The number of ether oxygens (including phenoxy) is 1. The Bertz CT molecular complexity index is 223. The lowest BCUT2D eigenvalue weighted by molar-refractivity contribution is -0.139. The van der Waals surface area contributed by atoms with E-state index < -0.39 is 17.8 Å². The number of rotatable bonds is 3. The first kappa shape index (κ1) is 9.16. The van der Waals surface area contributed by atoms with Crippen molar-refractivity contribution in [2.24, 2.45) is 5.92 Å². The van der Waals surface area contributed by atoms with Gasteiger partial charge in [-0.1, -0.05) is 6.58 Å². The Labute approximate surface area is 69.2 Å². The Kier molecular flexibility index (Phi) is 2.17. The molecule has 0 unspecified atom stereocenters. The van der Waals surface area contributed by atoms with Gasteiger partial charge in [0.1, 0.15) is 0 Å². The molecular weight excluding hydrogens is 166 g/mol. The molecule has 12 heavy (non-hydrogen) atoms. The average molecular weight is 176 g/mol. The lowest BCUT2D eigenvalue weighted by Gasteiger charge is -2.02. The summed E-state index contributed by atoms with van der Waals surface area (Å²) in [6.45, 7) is 5.09. The van der Waals surface area contributed by atoms with E-state index in [2.05, 4.69) is 11.3 Å². The van der Waals surface area contributed by atoms with Crippen LogP contribution in [0.2, 0.25) is 0 Å². The number of carbonyl (C=O) groups excluding carboxylic acids is 1. The van der Waals surface area contributed by atoms with Crippen LogP contribution in [-0.2, 0) is 9.53 Å². The number of halogens is 2. The molecule has 2 nitrogen and oxygen atoms in total. The van der Waals surface area contributed by atoms with Crippen molar-refractivity contribution in [2.75, 3.05) is 6.61 Å². The lowest BCUT2D eigenvalue weighted by atomic mass is 10.2. The van der Waals surface area contributed by atoms with Crippen LogP contribution >= 0.6 is 0 Å². The highest BCUT2D eigenvalue weighted by atomic mass is 19.3. The maximum absolute atomic E-state index is 12.4. The first-order valence-electron chi connectivity index (χ1n) is 3.72. The first-order valence-corrected chi connectivity index (χ1v) is 3.72. The third kappa shape index (κ3) is 1.62. The van der Waals surface area contributed by atoms with Gasteiger partial charge in [-0.25, -0.2) is 13.6 Å². The quantitative estimate of drug-likeness (QED) is 0.483. The fourth-order valence-electron chi connectivity index (χ4n) is 0.957.